The first-order chi connectivity index (χ1) is 12.1. The van der Waals surface area contributed by atoms with Gasteiger partial charge in [-0.15, -0.1) is 0 Å². The summed E-state index contributed by atoms with van der Waals surface area (Å²) in [7, 11) is 0.204. The smallest absolute Gasteiger partial charge is 0.00103 e. The summed E-state index contributed by atoms with van der Waals surface area (Å²) >= 11 is 0. The molecule has 2 atom stereocenters. The second-order valence-corrected chi connectivity index (χ2v) is 14.8. The molecule has 0 heterocycles. The predicted octanol–water partition coefficient (Wildman–Crippen LogP) is 8.26. The maximum Gasteiger partial charge on any atom is -0.00103 e. The van der Waals surface area contributed by atoms with Crippen molar-refractivity contribution >= 4 is 15.8 Å². The molecule has 0 N–H and O–H groups in total. The van der Waals surface area contributed by atoms with E-state index in [-0.39, 0.29) is 15.8 Å². The number of allylic oxidation sites excluding steroid dienone is 4. The first-order valence-electron chi connectivity index (χ1n) is 11.0. The van der Waals surface area contributed by atoms with Gasteiger partial charge < -0.3 is 0 Å². The molecule has 3 rings (SSSR count). The molecule has 0 aromatic carbocycles. The first-order valence-corrected chi connectivity index (χ1v) is 14.4. The SMILES string of the molecule is CC(C)P(C)C1=C([C@@H](C)P(C2CCCCC2)C2CCCCC2)CC=C1. The van der Waals surface area contributed by atoms with Crippen molar-refractivity contribution in [2.45, 2.75) is 114 Å². The van der Waals surface area contributed by atoms with E-state index in [0.717, 1.165) is 22.6 Å². The molecule has 0 saturated heterocycles. The average Bonchev–Trinajstić information content (AvgIpc) is 3.12. The molecule has 1 unspecified atom stereocenters. The third-order valence-corrected chi connectivity index (χ3v) is 13.7. The number of hydrogen-bond donors (Lipinski definition) is 0. The van der Waals surface area contributed by atoms with Crippen LogP contribution in [0.5, 0.6) is 0 Å². The number of rotatable bonds is 6. The molecular formula is C23H40P2. The number of hydrogen-bond acceptors (Lipinski definition) is 0. The lowest BCUT2D eigenvalue weighted by Crippen LogP contribution is -2.26. The maximum absolute atomic E-state index is 2.65. The van der Waals surface area contributed by atoms with Crippen molar-refractivity contribution in [3.63, 3.8) is 0 Å². The summed E-state index contributed by atoms with van der Waals surface area (Å²) < 4.78 is 0. The van der Waals surface area contributed by atoms with Crippen LogP contribution in [0.4, 0.5) is 0 Å². The summed E-state index contributed by atoms with van der Waals surface area (Å²) in [5.74, 6) is 0. The summed E-state index contributed by atoms with van der Waals surface area (Å²) in [6.07, 6.45) is 21.5. The zero-order valence-corrected chi connectivity index (χ0v) is 18.9. The third-order valence-electron chi connectivity index (χ3n) is 7.04. The van der Waals surface area contributed by atoms with Gasteiger partial charge in [0.15, 0.2) is 0 Å². The van der Waals surface area contributed by atoms with E-state index in [1.165, 1.54) is 44.9 Å². The van der Waals surface area contributed by atoms with E-state index >= 15 is 0 Å². The Kier molecular flexibility index (Phi) is 7.64. The average molecular weight is 379 g/mol. The summed E-state index contributed by atoms with van der Waals surface area (Å²) in [6, 6.07) is 0. The highest BCUT2D eigenvalue weighted by atomic mass is 31.1. The molecule has 2 saturated carbocycles. The fourth-order valence-electron chi connectivity index (χ4n) is 5.38. The van der Waals surface area contributed by atoms with Crippen LogP contribution in [0.2, 0.25) is 0 Å². The fourth-order valence-corrected chi connectivity index (χ4v) is 11.5. The van der Waals surface area contributed by atoms with Crippen LogP contribution in [0.15, 0.2) is 23.0 Å². The highest BCUT2D eigenvalue weighted by molar-refractivity contribution is 7.62. The molecule has 0 amide bonds. The van der Waals surface area contributed by atoms with Gasteiger partial charge in [-0.3, -0.25) is 0 Å². The van der Waals surface area contributed by atoms with Crippen molar-refractivity contribution in [2.24, 2.45) is 0 Å². The van der Waals surface area contributed by atoms with Gasteiger partial charge in [-0.05, 0) is 66.7 Å². The monoisotopic (exact) mass is 378 g/mol. The lowest BCUT2D eigenvalue weighted by atomic mass is 9.99. The van der Waals surface area contributed by atoms with Crippen molar-refractivity contribution in [3.05, 3.63) is 23.0 Å². The van der Waals surface area contributed by atoms with Gasteiger partial charge in [0.2, 0.25) is 0 Å². The molecule has 3 aliphatic rings. The van der Waals surface area contributed by atoms with Crippen LogP contribution >= 0.6 is 15.8 Å². The van der Waals surface area contributed by atoms with E-state index in [1.807, 2.05) is 5.57 Å². The van der Waals surface area contributed by atoms with Gasteiger partial charge in [0, 0.05) is 0 Å². The largest absolute Gasteiger partial charge is 0.0932 e. The van der Waals surface area contributed by atoms with Crippen molar-refractivity contribution in [3.8, 4) is 0 Å². The standard InChI is InChI=1S/C23H40P2/c1-18(2)24(4)23-17-11-16-22(23)19(3)25(20-12-7-5-8-13-20)21-14-9-6-10-15-21/h11,17-21H,5-10,12-16H2,1-4H3/t19-,24?/m1/s1. The van der Waals surface area contributed by atoms with E-state index in [2.05, 4.69) is 39.6 Å². The molecule has 0 radical (unpaired) electrons. The van der Waals surface area contributed by atoms with Gasteiger partial charge in [0.05, 0.1) is 0 Å². The first kappa shape index (κ1) is 20.1. The normalized spacial score (nSPS) is 26.0. The third kappa shape index (κ3) is 4.79. The van der Waals surface area contributed by atoms with Gasteiger partial charge >= 0.3 is 0 Å². The van der Waals surface area contributed by atoms with Gasteiger partial charge in [-0.25, -0.2) is 0 Å². The van der Waals surface area contributed by atoms with Crippen molar-refractivity contribution in [1.82, 2.24) is 0 Å². The Morgan fingerprint density at radius 2 is 1.36 bits per heavy atom. The van der Waals surface area contributed by atoms with Crippen molar-refractivity contribution in [2.75, 3.05) is 6.66 Å². The second-order valence-electron chi connectivity index (χ2n) is 8.93. The summed E-state index contributed by atoms with van der Waals surface area (Å²) in [5, 5.41) is 1.79. The minimum Gasteiger partial charge on any atom is -0.0932 e. The Balaban J connectivity index is 1.84. The zero-order valence-electron chi connectivity index (χ0n) is 17.1. The minimum atomic E-state index is 0.0311. The van der Waals surface area contributed by atoms with Crippen LogP contribution in [0.25, 0.3) is 0 Å². The molecule has 0 nitrogen and oxygen atoms in total. The quantitative estimate of drug-likeness (QED) is 0.408. The predicted molar refractivity (Wildman–Crippen MR) is 119 cm³/mol. The van der Waals surface area contributed by atoms with E-state index in [4.69, 9.17) is 0 Å². The molecule has 0 bridgehead atoms. The highest BCUT2D eigenvalue weighted by Crippen LogP contribution is 2.63. The molecule has 25 heavy (non-hydrogen) atoms. The Hall–Kier alpha value is 0.340. The molecule has 0 aromatic rings. The van der Waals surface area contributed by atoms with Crippen LogP contribution in [0.3, 0.4) is 0 Å². The van der Waals surface area contributed by atoms with Crippen LogP contribution in [0, 0.1) is 0 Å². The summed E-state index contributed by atoms with van der Waals surface area (Å²) in [6.45, 7) is 10.0. The Labute approximate surface area is 159 Å². The lowest BCUT2D eigenvalue weighted by Gasteiger charge is -2.43. The van der Waals surface area contributed by atoms with Gasteiger partial charge in [0.1, 0.15) is 0 Å². The van der Waals surface area contributed by atoms with E-state index < -0.39 is 0 Å². The van der Waals surface area contributed by atoms with Crippen LogP contribution in [0.1, 0.15) is 91.4 Å². The molecule has 0 spiro atoms. The summed E-state index contributed by atoms with van der Waals surface area (Å²) in [4.78, 5) is 0. The van der Waals surface area contributed by atoms with E-state index in [0.29, 0.717) is 0 Å². The van der Waals surface area contributed by atoms with Crippen LogP contribution in [-0.2, 0) is 0 Å². The van der Waals surface area contributed by atoms with E-state index in [1.54, 1.807) is 31.0 Å². The molecule has 0 aliphatic heterocycles. The maximum atomic E-state index is 2.65. The van der Waals surface area contributed by atoms with Crippen LogP contribution < -0.4 is 0 Å². The zero-order chi connectivity index (χ0) is 17.8. The molecule has 3 aliphatic carbocycles. The molecular weight excluding hydrogens is 338 g/mol. The van der Waals surface area contributed by atoms with E-state index in [9.17, 15) is 0 Å². The summed E-state index contributed by atoms with van der Waals surface area (Å²) in [5.41, 5.74) is 5.75. The minimum absolute atomic E-state index is 0.0311. The van der Waals surface area contributed by atoms with Gasteiger partial charge in [0.25, 0.3) is 0 Å². The Bertz CT molecular complexity index is 460. The topological polar surface area (TPSA) is 0 Å². The molecule has 2 fully saturated rings. The fraction of sp³-hybridized carbons (Fsp3) is 0.826. The molecule has 142 valence electrons. The second kappa shape index (κ2) is 9.51. The molecule has 0 aromatic heterocycles. The highest BCUT2D eigenvalue weighted by Gasteiger charge is 2.37. The van der Waals surface area contributed by atoms with Crippen molar-refractivity contribution in [1.29, 1.82) is 0 Å². The Morgan fingerprint density at radius 3 is 1.84 bits per heavy atom. The van der Waals surface area contributed by atoms with Gasteiger partial charge in [-0.1, -0.05) is 92.9 Å². The lowest BCUT2D eigenvalue weighted by molar-refractivity contribution is 0.482. The van der Waals surface area contributed by atoms with Crippen LogP contribution in [-0.4, -0.2) is 29.3 Å². The Morgan fingerprint density at radius 1 is 0.840 bits per heavy atom. The van der Waals surface area contributed by atoms with Gasteiger partial charge in [-0.2, -0.15) is 0 Å². The van der Waals surface area contributed by atoms with Crippen molar-refractivity contribution < 1.29 is 0 Å². The molecule has 2 heteroatoms.